The van der Waals surface area contributed by atoms with Crippen molar-refractivity contribution in [2.75, 3.05) is 6.29 Å². The lowest BCUT2D eigenvalue weighted by Gasteiger charge is -2.26. The van der Waals surface area contributed by atoms with Gasteiger partial charge in [0.2, 0.25) is 5.91 Å². The smallest absolute Gasteiger partial charge is 0.408 e. The summed E-state index contributed by atoms with van der Waals surface area (Å²) in [5.74, 6) is -1.71. The highest BCUT2D eigenvalue weighted by molar-refractivity contribution is 7.51. The van der Waals surface area contributed by atoms with Crippen LogP contribution in [-0.2, 0) is 23.6 Å². The number of ether oxygens (including phenoxy) is 2. The molecule has 2 amide bonds. The van der Waals surface area contributed by atoms with Gasteiger partial charge in [-0.1, -0.05) is 0 Å². The van der Waals surface area contributed by atoms with Crippen LogP contribution in [0.2, 0.25) is 0 Å². The average molecular weight is 382 g/mol. The molecular weight excluding hydrogens is 355 g/mol. The van der Waals surface area contributed by atoms with Gasteiger partial charge in [-0.15, -0.1) is 0 Å². The first-order valence-corrected chi connectivity index (χ1v) is 9.32. The molecule has 0 unspecified atom stereocenters. The lowest BCUT2D eigenvalue weighted by molar-refractivity contribution is -0.158. The van der Waals surface area contributed by atoms with Crippen LogP contribution < -0.4 is 10.6 Å². The Morgan fingerprint density at radius 3 is 1.88 bits per heavy atom. The van der Waals surface area contributed by atoms with Gasteiger partial charge < -0.3 is 29.9 Å². The maximum atomic E-state index is 12.2. The van der Waals surface area contributed by atoms with Gasteiger partial charge in [-0.2, -0.15) is 0 Å². The SMILES string of the molecule is CC(C)(C)OC(=O)N[C@H](CC(=O)NCP(=O)(O)O)C(=O)OC(C)(C)C. The van der Waals surface area contributed by atoms with Gasteiger partial charge in [0, 0.05) is 0 Å². The van der Waals surface area contributed by atoms with Gasteiger partial charge in [0.25, 0.3) is 0 Å². The highest BCUT2D eigenvalue weighted by atomic mass is 31.2. The zero-order valence-electron chi connectivity index (χ0n) is 15.3. The van der Waals surface area contributed by atoms with E-state index >= 15 is 0 Å². The molecule has 0 heterocycles. The number of amides is 2. The molecule has 0 saturated heterocycles. The van der Waals surface area contributed by atoms with Crippen LogP contribution in [0.4, 0.5) is 4.79 Å². The van der Waals surface area contributed by atoms with Crippen molar-refractivity contribution in [3.8, 4) is 0 Å². The molecule has 10 nitrogen and oxygen atoms in total. The maximum Gasteiger partial charge on any atom is 0.408 e. The molecule has 0 aliphatic carbocycles. The second kappa shape index (κ2) is 8.64. The summed E-state index contributed by atoms with van der Waals surface area (Å²) in [6, 6.07) is -1.37. The molecule has 1 atom stereocenters. The van der Waals surface area contributed by atoms with Gasteiger partial charge in [0.15, 0.2) is 0 Å². The Balaban J connectivity index is 5.01. The average Bonchev–Trinajstić information content (AvgIpc) is 2.30. The van der Waals surface area contributed by atoms with E-state index in [0.717, 1.165) is 0 Å². The summed E-state index contributed by atoms with van der Waals surface area (Å²) in [5, 5.41) is 4.22. The van der Waals surface area contributed by atoms with Gasteiger partial charge >= 0.3 is 19.7 Å². The van der Waals surface area contributed by atoms with Crippen molar-refractivity contribution in [3.05, 3.63) is 0 Å². The molecule has 0 fully saturated rings. The number of rotatable bonds is 6. The highest BCUT2D eigenvalue weighted by Crippen LogP contribution is 2.31. The zero-order chi connectivity index (χ0) is 20.1. The van der Waals surface area contributed by atoms with Gasteiger partial charge in [-0.05, 0) is 41.5 Å². The molecule has 0 aliphatic heterocycles. The van der Waals surface area contributed by atoms with Crippen LogP contribution in [-0.4, -0.2) is 51.3 Å². The highest BCUT2D eigenvalue weighted by Gasteiger charge is 2.31. The van der Waals surface area contributed by atoms with Crippen LogP contribution in [0.15, 0.2) is 0 Å². The number of nitrogens with one attached hydrogen (secondary N) is 2. The quantitative estimate of drug-likeness (QED) is 0.390. The predicted molar refractivity (Wildman–Crippen MR) is 88.7 cm³/mol. The van der Waals surface area contributed by atoms with Crippen molar-refractivity contribution < 1.29 is 38.2 Å². The van der Waals surface area contributed by atoms with E-state index in [1.54, 1.807) is 41.5 Å². The summed E-state index contributed by atoms with van der Waals surface area (Å²) >= 11 is 0. The van der Waals surface area contributed by atoms with Crippen molar-refractivity contribution >= 4 is 25.6 Å². The fraction of sp³-hybridized carbons (Fsp3) is 0.786. The minimum absolute atomic E-state index is 0.561. The van der Waals surface area contributed by atoms with Crippen molar-refractivity contribution in [2.24, 2.45) is 0 Å². The molecule has 0 spiro atoms. The van der Waals surface area contributed by atoms with E-state index in [1.807, 2.05) is 5.32 Å². The molecule has 0 aliphatic rings. The maximum absolute atomic E-state index is 12.2. The minimum atomic E-state index is -4.44. The molecule has 11 heteroatoms. The van der Waals surface area contributed by atoms with Crippen LogP contribution in [0.25, 0.3) is 0 Å². The van der Waals surface area contributed by atoms with Gasteiger partial charge in [0.05, 0.1) is 6.42 Å². The fourth-order valence-corrected chi connectivity index (χ4v) is 1.85. The second-order valence-corrected chi connectivity index (χ2v) is 9.00. The molecule has 0 rings (SSSR count). The summed E-state index contributed by atoms with van der Waals surface area (Å²) in [4.78, 5) is 53.3. The minimum Gasteiger partial charge on any atom is -0.458 e. The first-order chi connectivity index (χ1) is 11.0. The van der Waals surface area contributed by atoms with E-state index < -0.39 is 55.5 Å². The van der Waals surface area contributed by atoms with Gasteiger partial charge in [-0.25, -0.2) is 9.59 Å². The summed E-state index contributed by atoms with van der Waals surface area (Å²) in [5.41, 5.74) is -1.67. The number of hydrogen-bond donors (Lipinski definition) is 4. The molecule has 0 aromatic carbocycles. The van der Waals surface area contributed by atoms with Crippen molar-refractivity contribution in [2.45, 2.75) is 65.2 Å². The molecule has 0 saturated carbocycles. The van der Waals surface area contributed by atoms with E-state index in [0.29, 0.717) is 0 Å². The van der Waals surface area contributed by atoms with E-state index in [1.165, 1.54) is 0 Å². The Kier molecular flexibility index (Phi) is 8.07. The van der Waals surface area contributed by atoms with Gasteiger partial charge in [-0.3, -0.25) is 9.36 Å². The summed E-state index contributed by atoms with van der Waals surface area (Å²) in [7, 11) is -4.44. The van der Waals surface area contributed by atoms with Crippen LogP contribution in [0.3, 0.4) is 0 Å². The summed E-state index contributed by atoms with van der Waals surface area (Å²) in [6.45, 7) is 9.72. The van der Waals surface area contributed by atoms with Crippen molar-refractivity contribution in [1.29, 1.82) is 0 Å². The zero-order valence-corrected chi connectivity index (χ0v) is 16.2. The lowest BCUT2D eigenvalue weighted by atomic mass is 10.1. The standard InChI is InChI=1S/C14H27N2O8P/c1-13(2,3)23-11(18)9(16-12(19)24-14(4,5)6)7-10(17)15-8-25(20,21)22/h9H,7-8H2,1-6H3,(H,15,17)(H,16,19)(H2,20,21,22)/t9-/m1/s1. The molecule has 4 N–H and O–H groups in total. The predicted octanol–water partition coefficient (Wildman–Crippen LogP) is 0.863. The van der Waals surface area contributed by atoms with E-state index in [9.17, 15) is 18.9 Å². The molecule has 146 valence electrons. The first kappa shape index (κ1) is 23.4. The summed E-state index contributed by atoms with van der Waals surface area (Å²) < 4.78 is 20.9. The number of alkyl carbamates (subject to hydrolysis) is 1. The number of carbonyl (C=O) groups is 3. The van der Waals surface area contributed by atoms with Crippen LogP contribution >= 0.6 is 7.60 Å². The Morgan fingerprint density at radius 1 is 1.00 bits per heavy atom. The van der Waals surface area contributed by atoms with E-state index in [-0.39, 0.29) is 0 Å². The van der Waals surface area contributed by atoms with Crippen molar-refractivity contribution in [1.82, 2.24) is 10.6 Å². The Hall–Kier alpha value is -1.64. The van der Waals surface area contributed by atoms with E-state index in [4.69, 9.17) is 19.3 Å². The second-order valence-electron chi connectivity index (χ2n) is 7.36. The third kappa shape index (κ3) is 13.3. The fourth-order valence-electron chi connectivity index (χ4n) is 1.46. The third-order valence-corrected chi connectivity index (χ3v) is 2.82. The molecule has 0 aromatic heterocycles. The largest absolute Gasteiger partial charge is 0.458 e. The van der Waals surface area contributed by atoms with Crippen LogP contribution in [0.1, 0.15) is 48.0 Å². The molecule has 0 radical (unpaired) electrons. The number of hydrogen-bond acceptors (Lipinski definition) is 6. The molecule has 0 bridgehead atoms. The Morgan fingerprint density at radius 2 is 1.48 bits per heavy atom. The van der Waals surface area contributed by atoms with Gasteiger partial charge in [0.1, 0.15) is 23.5 Å². The van der Waals surface area contributed by atoms with Crippen molar-refractivity contribution in [3.63, 3.8) is 0 Å². The molecule has 0 aromatic rings. The number of esters is 1. The summed E-state index contributed by atoms with van der Waals surface area (Å²) in [6.07, 6.45) is -2.36. The van der Waals surface area contributed by atoms with E-state index in [2.05, 4.69) is 5.32 Å². The topological polar surface area (TPSA) is 151 Å². The number of carbonyl (C=O) groups excluding carboxylic acids is 3. The molecule has 25 heavy (non-hydrogen) atoms. The van der Waals surface area contributed by atoms with Crippen LogP contribution in [0, 0.1) is 0 Å². The first-order valence-electron chi connectivity index (χ1n) is 7.52. The third-order valence-electron chi connectivity index (χ3n) is 2.25. The Labute approximate surface area is 146 Å². The monoisotopic (exact) mass is 382 g/mol. The lowest BCUT2D eigenvalue weighted by Crippen LogP contribution is -2.48. The van der Waals surface area contributed by atoms with Crippen LogP contribution in [0.5, 0.6) is 0 Å². The molecular formula is C14H27N2O8P. The normalized spacial score (nSPS) is 13.6. The Bertz CT molecular complexity index is 544.